The number of piperidine rings is 1. The smallest absolute Gasteiger partial charge is 0.393 e. The van der Waals surface area contributed by atoms with E-state index in [0.717, 1.165) is 67.7 Å². The molecule has 0 saturated carbocycles. The lowest BCUT2D eigenvalue weighted by Gasteiger charge is -2.39. The Kier molecular flexibility index (Phi) is 11.1. The monoisotopic (exact) mass is 661 g/mol. The Morgan fingerprint density at radius 2 is 1.80 bits per heavy atom. The van der Waals surface area contributed by atoms with Crippen LogP contribution in [0.25, 0.3) is 10.1 Å². The summed E-state index contributed by atoms with van der Waals surface area (Å²) in [4.78, 5) is 3.00. The number of halogens is 3. The predicted molar refractivity (Wildman–Crippen MR) is 180 cm³/mol. The van der Waals surface area contributed by atoms with Gasteiger partial charge in [0.15, 0.2) is 0 Å². The lowest BCUT2D eigenvalue weighted by molar-refractivity contribution is -0.126. The van der Waals surface area contributed by atoms with E-state index in [4.69, 9.17) is 9.47 Å². The van der Waals surface area contributed by atoms with E-state index >= 15 is 0 Å². The Morgan fingerprint density at radius 3 is 2.47 bits per heavy atom. The molecule has 0 bridgehead atoms. The average molecular weight is 662 g/mol. The molecule has 0 spiro atoms. The number of methoxy groups -OCH3 is 1. The van der Waals surface area contributed by atoms with Crippen LogP contribution in [0.4, 0.5) is 24.5 Å². The molecule has 0 radical (unpaired) electrons. The number of anilines is 2. The Labute approximate surface area is 268 Å². The van der Waals surface area contributed by atoms with Gasteiger partial charge in [-0.15, -0.1) is 11.3 Å². The third-order valence-electron chi connectivity index (χ3n) is 9.04. The third kappa shape index (κ3) is 8.18. The molecular formula is C34H43F3N3O3PS. The fraction of sp³-hybridized carbons (Fsp3) is 0.529. The van der Waals surface area contributed by atoms with Gasteiger partial charge in [-0.2, -0.15) is 13.2 Å². The minimum atomic E-state index is -4.35. The SMILES string of the molecule is CCP(=O)(CC)c1ccc(NCC#Cc2sc3c(NC4CCN(C5CCOCC5)CC4)cccc3c2CC(F)(F)F)c(OC)c1. The predicted octanol–water partition coefficient (Wildman–Crippen LogP) is 7.56. The molecule has 3 heterocycles. The second-order valence-electron chi connectivity index (χ2n) is 11.7. The number of hydrogen-bond acceptors (Lipinski definition) is 7. The second-order valence-corrected chi connectivity index (χ2v) is 16.3. The van der Waals surface area contributed by atoms with Crippen molar-refractivity contribution in [2.24, 2.45) is 0 Å². The number of nitrogens with one attached hydrogen (secondary N) is 2. The fourth-order valence-electron chi connectivity index (χ4n) is 6.37. The highest BCUT2D eigenvalue weighted by atomic mass is 32.1. The minimum absolute atomic E-state index is 0.214. The van der Waals surface area contributed by atoms with Crippen molar-refractivity contribution in [3.8, 4) is 17.6 Å². The molecule has 2 N–H and O–H groups in total. The molecule has 1 aromatic heterocycles. The second kappa shape index (κ2) is 14.8. The van der Waals surface area contributed by atoms with Crippen LogP contribution >= 0.6 is 18.5 Å². The average Bonchev–Trinajstić information content (AvgIpc) is 3.39. The van der Waals surface area contributed by atoms with Crippen molar-refractivity contribution in [3.63, 3.8) is 0 Å². The third-order valence-corrected chi connectivity index (χ3v) is 13.5. The molecule has 2 aromatic carbocycles. The molecule has 0 atom stereocenters. The van der Waals surface area contributed by atoms with Gasteiger partial charge in [-0.25, -0.2) is 0 Å². The molecule has 0 amide bonds. The molecule has 0 unspecified atom stereocenters. The van der Waals surface area contributed by atoms with Crippen LogP contribution in [0.5, 0.6) is 5.75 Å². The van der Waals surface area contributed by atoms with Crippen LogP contribution in [0.3, 0.4) is 0 Å². The maximum absolute atomic E-state index is 13.7. The molecule has 244 valence electrons. The summed E-state index contributed by atoms with van der Waals surface area (Å²) in [6, 6.07) is 11.9. The minimum Gasteiger partial charge on any atom is -0.495 e. The molecule has 3 aromatic rings. The van der Waals surface area contributed by atoms with Gasteiger partial charge < -0.3 is 29.6 Å². The molecule has 2 saturated heterocycles. The highest BCUT2D eigenvalue weighted by Crippen LogP contribution is 2.45. The first-order chi connectivity index (χ1) is 21.6. The molecule has 2 fully saturated rings. The number of thiophene rings is 1. The maximum Gasteiger partial charge on any atom is 0.393 e. The number of hydrogen-bond donors (Lipinski definition) is 2. The Morgan fingerprint density at radius 1 is 1.07 bits per heavy atom. The van der Waals surface area contributed by atoms with Crippen molar-refractivity contribution in [1.82, 2.24) is 4.90 Å². The number of alkyl halides is 3. The van der Waals surface area contributed by atoms with E-state index in [1.54, 1.807) is 19.2 Å². The summed E-state index contributed by atoms with van der Waals surface area (Å²) >= 11 is 1.32. The molecule has 2 aliphatic heterocycles. The van der Waals surface area contributed by atoms with Crippen LogP contribution in [-0.2, 0) is 15.7 Å². The summed E-state index contributed by atoms with van der Waals surface area (Å²) in [7, 11) is -0.909. The number of benzene rings is 2. The van der Waals surface area contributed by atoms with Crippen LogP contribution in [0.1, 0.15) is 50.0 Å². The maximum atomic E-state index is 13.7. The van der Waals surface area contributed by atoms with Crippen molar-refractivity contribution in [2.75, 3.05) is 62.9 Å². The van der Waals surface area contributed by atoms with Crippen LogP contribution in [0, 0.1) is 11.8 Å². The van der Waals surface area contributed by atoms with Gasteiger partial charge in [0, 0.05) is 56.0 Å². The Hall–Kier alpha value is -2.70. The summed E-state index contributed by atoms with van der Waals surface area (Å²) in [5, 5.41) is 8.25. The highest BCUT2D eigenvalue weighted by molar-refractivity contribution is 7.71. The molecule has 0 aliphatic carbocycles. The van der Waals surface area contributed by atoms with Gasteiger partial charge in [-0.05, 0) is 60.9 Å². The van der Waals surface area contributed by atoms with E-state index in [9.17, 15) is 17.7 Å². The summed E-state index contributed by atoms with van der Waals surface area (Å²) in [6.07, 6.45) is -0.0851. The molecule has 11 heteroatoms. The van der Waals surface area contributed by atoms with Crippen molar-refractivity contribution < 1.29 is 27.2 Å². The van der Waals surface area contributed by atoms with Crippen LogP contribution in [-0.4, -0.2) is 75.4 Å². The summed E-state index contributed by atoms with van der Waals surface area (Å²) < 4.78 is 66.3. The lowest BCUT2D eigenvalue weighted by atomic mass is 9.99. The number of nitrogens with zero attached hydrogens (tertiary/aromatic N) is 1. The molecular weight excluding hydrogens is 618 g/mol. The van der Waals surface area contributed by atoms with Crippen LogP contribution in [0.15, 0.2) is 36.4 Å². The molecule has 2 aliphatic rings. The van der Waals surface area contributed by atoms with Crippen LogP contribution < -0.4 is 20.7 Å². The van der Waals surface area contributed by atoms with Crippen molar-refractivity contribution >= 4 is 45.2 Å². The zero-order valence-corrected chi connectivity index (χ0v) is 28.0. The normalized spacial score (nSPS) is 17.2. The quantitative estimate of drug-likeness (QED) is 0.173. The number of likely N-dealkylation sites (tertiary alicyclic amines) is 1. The van der Waals surface area contributed by atoms with Crippen molar-refractivity contribution in [3.05, 3.63) is 46.8 Å². The zero-order valence-electron chi connectivity index (χ0n) is 26.3. The van der Waals surface area contributed by atoms with E-state index in [-0.39, 0.29) is 18.2 Å². The van der Waals surface area contributed by atoms with Gasteiger partial charge in [0.25, 0.3) is 0 Å². The van der Waals surface area contributed by atoms with Gasteiger partial charge in [0.05, 0.1) is 41.0 Å². The molecule has 45 heavy (non-hydrogen) atoms. The molecule has 6 nitrogen and oxygen atoms in total. The summed E-state index contributed by atoms with van der Waals surface area (Å²) in [6.45, 7) is 7.74. The van der Waals surface area contributed by atoms with E-state index in [1.807, 2.05) is 38.1 Å². The van der Waals surface area contributed by atoms with Gasteiger partial charge in [-0.3, -0.25) is 0 Å². The van der Waals surface area contributed by atoms with E-state index in [2.05, 4.69) is 27.4 Å². The number of ether oxygens (including phenoxy) is 2. The molecule has 5 rings (SSSR count). The van der Waals surface area contributed by atoms with Crippen molar-refractivity contribution in [1.29, 1.82) is 0 Å². The number of fused-ring (bicyclic) bond motifs is 1. The topological polar surface area (TPSA) is 62.8 Å². The summed E-state index contributed by atoms with van der Waals surface area (Å²) in [5.41, 5.74) is 1.79. The van der Waals surface area contributed by atoms with Gasteiger partial charge in [0.1, 0.15) is 12.9 Å². The highest BCUT2D eigenvalue weighted by Gasteiger charge is 2.32. The zero-order chi connectivity index (χ0) is 32.0. The van der Waals surface area contributed by atoms with E-state index < -0.39 is 19.7 Å². The van der Waals surface area contributed by atoms with Gasteiger partial charge in [-0.1, -0.05) is 37.8 Å². The largest absolute Gasteiger partial charge is 0.495 e. The first kappa shape index (κ1) is 33.7. The van der Waals surface area contributed by atoms with E-state index in [0.29, 0.717) is 40.1 Å². The first-order valence-electron chi connectivity index (χ1n) is 15.8. The van der Waals surface area contributed by atoms with E-state index in [1.165, 1.54) is 11.3 Å². The van der Waals surface area contributed by atoms with Gasteiger partial charge >= 0.3 is 6.18 Å². The number of rotatable bonds is 10. The van der Waals surface area contributed by atoms with Gasteiger partial charge in [0.2, 0.25) is 0 Å². The Bertz CT molecular complexity index is 1560. The lowest BCUT2D eigenvalue weighted by Crippen LogP contribution is -2.46. The fourth-order valence-corrected chi connectivity index (χ4v) is 9.42. The Balaban J connectivity index is 1.32. The van der Waals surface area contributed by atoms with Crippen molar-refractivity contribution in [2.45, 2.75) is 64.2 Å². The first-order valence-corrected chi connectivity index (χ1v) is 18.7. The van der Waals surface area contributed by atoms with Crippen LogP contribution in [0.2, 0.25) is 0 Å². The summed E-state index contributed by atoms with van der Waals surface area (Å²) in [5.74, 6) is 6.63. The standard InChI is InChI=1S/C34H43F3N3O3PS/c1-4-44(41,5-2)26-11-12-29(31(22-26)42-3)38-17-7-10-32-28(23-34(35,36)37)27-8-6-9-30(33(27)45-32)39-24-13-18-40(19-14-24)25-15-20-43-21-16-25/h6,8-9,11-12,22,24-25,38-39H,4-5,13-21,23H2,1-3H3.